The molecule has 0 bridgehead atoms. The molecule has 1 atom stereocenters. The fourth-order valence-electron chi connectivity index (χ4n) is 3.35. The third-order valence-corrected chi connectivity index (χ3v) is 4.49. The largest absolute Gasteiger partial charge is 0.491 e. The van der Waals surface area contributed by atoms with Gasteiger partial charge in [-0.1, -0.05) is 18.9 Å². The third-order valence-electron chi connectivity index (χ3n) is 4.49. The summed E-state index contributed by atoms with van der Waals surface area (Å²) in [6.07, 6.45) is 7.70. The number of nitrogens with two attached hydrogens (primary N) is 1. The fraction of sp³-hybridized carbons (Fsp3) is 0.625. The summed E-state index contributed by atoms with van der Waals surface area (Å²) < 4.78 is 12.1. The van der Waals surface area contributed by atoms with Crippen molar-refractivity contribution in [3.05, 3.63) is 23.8 Å². The molecule has 3 rings (SSSR count). The third kappa shape index (κ3) is 2.71. The summed E-state index contributed by atoms with van der Waals surface area (Å²) in [4.78, 5) is 0. The molecule has 1 saturated heterocycles. The molecule has 1 saturated carbocycles. The Balaban J connectivity index is 1.57. The van der Waals surface area contributed by atoms with Crippen LogP contribution in [-0.2, 0) is 4.74 Å². The van der Waals surface area contributed by atoms with Crippen molar-refractivity contribution in [2.45, 2.75) is 57.2 Å². The fourth-order valence-corrected chi connectivity index (χ4v) is 3.35. The first-order valence-electron chi connectivity index (χ1n) is 7.34. The van der Waals surface area contributed by atoms with Crippen molar-refractivity contribution >= 4 is 5.69 Å². The number of anilines is 1. The van der Waals surface area contributed by atoms with Crippen molar-refractivity contribution in [1.29, 1.82) is 0 Å². The molecule has 19 heavy (non-hydrogen) atoms. The van der Waals surface area contributed by atoms with E-state index in [2.05, 4.69) is 0 Å². The molecule has 0 radical (unpaired) electrons. The summed E-state index contributed by atoms with van der Waals surface area (Å²) in [6.45, 7) is 2.69. The predicted octanol–water partition coefficient (Wildman–Crippen LogP) is 3.45. The van der Waals surface area contributed by atoms with E-state index in [-0.39, 0.29) is 11.7 Å². The zero-order valence-corrected chi connectivity index (χ0v) is 11.7. The maximum atomic E-state index is 6.25. The Hall–Kier alpha value is -1.22. The molecule has 2 N–H and O–H groups in total. The van der Waals surface area contributed by atoms with Gasteiger partial charge in [-0.3, -0.25) is 0 Å². The number of benzene rings is 1. The lowest BCUT2D eigenvalue weighted by Crippen LogP contribution is -2.27. The van der Waals surface area contributed by atoms with E-state index in [0.717, 1.165) is 23.4 Å². The second-order valence-corrected chi connectivity index (χ2v) is 6.00. The first-order chi connectivity index (χ1) is 9.17. The second kappa shape index (κ2) is 5.04. The van der Waals surface area contributed by atoms with E-state index in [4.69, 9.17) is 15.2 Å². The van der Waals surface area contributed by atoms with Crippen LogP contribution in [0.3, 0.4) is 0 Å². The summed E-state index contributed by atoms with van der Waals surface area (Å²) in [5.74, 6) is 0.885. The van der Waals surface area contributed by atoms with Gasteiger partial charge < -0.3 is 15.2 Å². The van der Waals surface area contributed by atoms with Gasteiger partial charge in [-0.2, -0.15) is 0 Å². The van der Waals surface area contributed by atoms with Crippen LogP contribution in [-0.4, -0.2) is 18.3 Å². The molecule has 1 aromatic carbocycles. The van der Waals surface area contributed by atoms with Gasteiger partial charge in [0.2, 0.25) is 0 Å². The van der Waals surface area contributed by atoms with Gasteiger partial charge in [0.1, 0.15) is 12.4 Å². The SMILES string of the molecule is Cc1ccc(N)cc1OCC1CCC2(CCCC2)O1. The minimum absolute atomic E-state index is 0.193. The quantitative estimate of drug-likeness (QED) is 0.848. The molecule has 1 aromatic rings. The zero-order chi connectivity index (χ0) is 13.3. The van der Waals surface area contributed by atoms with E-state index in [0.29, 0.717) is 6.61 Å². The van der Waals surface area contributed by atoms with Gasteiger partial charge in [-0.05, 0) is 44.2 Å². The van der Waals surface area contributed by atoms with E-state index < -0.39 is 0 Å². The molecule has 1 aliphatic heterocycles. The normalized spacial score (nSPS) is 25.0. The average Bonchev–Trinajstić information content (AvgIpc) is 3.02. The predicted molar refractivity (Wildman–Crippen MR) is 76.4 cm³/mol. The highest BCUT2D eigenvalue weighted by molar-refractivity contribution is 5.47. The van der Waals surface area contributed by atoms with Crippen LogP contribution in [0.15, 0.2) is 18.2 Å². The molecule has 2 fully saturated rings. The van der Waals surface area contributed by atoms with Crippen LogP contribution in [0.4, 0.5) is 5.69 Å². The van der Waals surface area contributed by atoms with Crippen molar-refractivity contribution < 1.29 is 9.47 Å². The van der Waals surface area contributed by atoms with Crippen LogP contribution in [0.5, 0.6) is 5.75 Å². The number of aryl methyl sites for hydroxylation is 1. The topological polar surface area (TPSA) is 44.5 Å². The highest BCUT2D eigenvalue weighted by atomic mass is 16.6. The second-order valence-electron chi connectivity index (χ2n) is 6.00. The van der Waals surface area contributed by atoms with Crippen LogP contribution in [0.2, 0.25) is 0 Å². The minimum Gasteiger partial charge on any atom is -0.491 e. The van der Waals surface area contributed by atoms with Crippen LogP contribution in [0.25, 0.3) is 0 Å². The van der Waals surface area contributed by atoms with Gasteiger partial charge >= 0.3 is 0 Å². The molecule has 3 nitrogen and oxygen atoms in total. The number of nitrogen functional groups attached to an aromatic ring is 1. The number of rotatable bonds is 3. The molecular formula is C16H23NO2. The van der Waals surface area contributed by atoms with Crippen LogP contribution < -0.4 is 10.5 Å². The smallest absolute Gasteiger partial charge is 0.124 e. The Bertz CT molecular complexity index is 452. The van der Waals surface area contributed by atoms with Crippen molar-refractivity contribution in [2.24, 2.45) is 0 Å². The highest BCUT2D eigenvalue weighted by Crippen LogP contribution is 2.43. The van der Waals surface area contributed by atoms with E-state index >= 15 is 0 Å². The van der Waals surface area contributed by atoms with Gasteiger partial charge in [0.25, 0.3) is 0 Å². The monoisotopic (exact) mass is 261 g/mol. The number of hydrogen-bond acceptors (Lipinski definition) is 3. The van der Waals surface area contributed by atoms with Crippen molar-refractivity contribution in [3.63, 3.8) is 0 Å². The van der Waals surface area contributed by atoms with Gasteiger partial charge in [-0.15, -0.1) is 0 Å². The first-order valence-corrected chi connectivity index (χ1v) is 7.34. The maximum Gasteiger partial charge on any atom is 0.124 e. The molecular weight excluding hydrogens is 238 g/mol. The number of hydrogen-bond donors (Lipinski definition) is 1. The summed E-state index contributed by atoms with van der Waals surface area (Å²) in [5.41, 5.74) is 7.87. The minimum atomic E-state index is 0.193. The molecule has 1 spiro atoms. The Morgan fingerprint density at radius 3 is 2.89 bits per heavy atom. The molecule has 2 aliphatic rings. The number of ether oxygens (including phenoxy) is 2. The Morgan fingerprint density at radius 1 is 1.32 bits per heavy atom. The van der Waals surface area contributed by atoms with E-state index in [1.807, 2.05) is 25.1 Å². The van der Waals surface area contributed by atoms with E-state index in [9.17, 15) is 0 Å². The Labute approximate surface area is 115 Å². The first kappa shape index (κ1) is 12.8. The van der Waals surface area contributed by atoms with Gasteiger partial charge in [0.15, 0.2) is 0 Å². The highest BCUT2D eigenvalue weighted by Gasteiger charge is 2.42. The Kier molecular flexibility index (Phi) is 3.40. The standard InChI is InChI=1S/C16H23NO2/c1-12-4-5-13(17)10-15(12)18-11-14-6-9-16(19-14)7-2-3-8-16/h4-5,10,14H,2-3,6-9,11,17H2,1H3. The van der Waals surface area contributed by atoms with Gasteiger partial charge in [0.05, 0.1) is 11.7 Å². The van der Waals surface area contributed by atoms with E-state index in [1.54, 1.807) is 0 Å². The van der Waals surface area contributed by atoms with Crippen molar-refractivity contribution in [2.75, 3.05) is 12.3 Å². The molecule has 0 aromatic heterocycles. The average molecular weight is 261 g/mol. The summed E-state index contributed by atoms with van der Waals surface area (Å²) in [5, 5.41) is 0. The van der Waals surface area contributed by atoms with Crippen molar-refractivity contribution in [3.8, 4) is 5.75 Å². The molecule has 1 unspecified atom stereocenters. The van der Waals surface area contributed by atoms with Crippen LogP contribution in [0, 0.1) is 6.92 Å². The zero-order valence-electron chi connectivity index (χ0n) is 11.7. The molecule has 104 valence electrons. The molecule has 1 aliphatic carbocycles. The van der Waals surface area contributed by atoms with E-state index in [1.165, 1.54) is 32.1 Å². The summed E-state index contributed by atoms with van der Waals surface area (Å²) in [6, 6.07) is 5.80. The van der Waals surface area contributed by atoms with Crippen LogP contribution in [0.1, 0.15) is 44.1 Å². The summed E-state index contributed by atoms with van der Waals surface area (Å²) >= 11 is 0. The maximum absolute atomic E-state index is 6.25. The van der Waals surface area contributed by atoms with Gasteiger partial charge in [0, 0.05) is 11.8 Å². The summed E-state index contributed by atoms with van der Waals surface area (Å²) in [7, 11) is 0. The molecule has 1 heterocycles. The lowest BCUT2D eigenvalue weighted by atomic mass is 9.98. The lowest BCUT2D eigenvalue weighted by molar-refractivity contribution is -0.0509. The Morgan fingerprint density at radius 2 is 2.11 bits per heavy atom. The van der Waals surface area contributed by atoms with Crippen molar-refractivity contribution in [1.82, 2.24) is 0 Å². The van der Waals surface area contributed by atoms with Crippen LogP contribution >= 0.6 is 0 Å². The molecule has 0 amide bonds. The molecule has 3 heteroatoms. The lowest BCUT2D eigenvalue weighted by Gasteiger charge is -2.24. The van der Waals surface area contributed by atoms with Gasteiger partial charge in [-0.25, -0.2) is 0 Å².